The topological polar surface area (TPSA) is 52.0 Å². The molecule has 3 aromatic rings. The van der Waals surface area contributed by atoms with Crippen molar-refractivity contribution in [2.24, 2.45) is 5.73 Å². The molecule has 1 atom stereocenters. The maximum Gasteiger partial charge on any atom is 0.115 e. The molecular formula is C14H12N2OS. The van der Waals surface area contributed by atoms with Gasteiger partial charge in [-0.3, -0.25) is 0 Å². The van der Waals surface area contributed by atoms with Crippen LogP contribution in [-0.2, 0) is 0 Å². The van der Waals surface area contributed by atoms with Gasteiger partial charge < -0.3 is 10.2 Å². The Labute approximate surface area is 109 Å². The molecule has 0 radical (unpaired) electrons. The van der Waals surface area contributed by atoms with Gasteiger partial charge in [-0.05, 0) is 11.6 Å². The Bertz CT molecular complexity index is 616. The summed E-state index contributed by atoms with van der Waals surface area (Å²) in [5.74, 6) is 0. The van der Waals surface area contributed by atoms with Crippen molar-refractivity contribution in [3.05, 3.63) is 64.9 Å². The Morgan fingerprint density at radius 2 is 2.00 bits per heavy atom. The van der Waals surface area contributed by atoms with Gasteiger partial charge in [0, 0.05) is 10.9 Å². The van der Waals surface area contributed by atoms with Crippen molar-refractivity contribution in [1.29, 1.82) is 0 Å². The van der Waals surface area contributed by atoms with Gasteiger partial charge in [-0.2, -0.15) is 0 Å². The van der Waals surface area contributed by atoms with E-state index in [1.807, 2.05) is 41.8 Å². The largest absolute Gasteiger partial charge is 0.472 e. The molecule has 3 nitrogen and oxygen atoms in total. The van der Waals surface area contributed by atoms with Crippen molar-refractivity contribution < 1.29 is 4.42 Å². The van der Waals surface area contributed by atoms with Crippen molar-refractivity contribution in [3.8, 4) is 11.3 Å². The van der Waals surface area contributed by atoms with Crippen LogP contribution in [0.3, 0.4) is 0 Å². The SMILES string of the molecule is NC(c1ccccc1)c1nc(-c2ccoc2)cs1. The Balaban J connectivity index is 1.90. The predicted molar refractivity (Wildman–Crippen MR) is 72.3 cm³/mol. The van der Waals surface area contributed by atoms with E-state index < -0.39 is 0 Å². The van der Waals surface area contributed by atoms with E-state index in [1.54, 1.807) is 23.9 Å². The molecule has 2 N–H and O–H groups in total. The highest BCUT2D eigenvalue weighted by Crippen LogP contribution is 2.27. The lowest BCUT2D eigenvalue weighted by Gasteiger charge is -2.07. The summed E-state index contributed by atoms with van der Waals surface area (Å²) in [6, 6.07) is 11.7. The zero-order chi connectivity index (χ0) is 12.4. The van der Waals surface area contributed by atoms with Crippen molar-refractivity contribution >= 4 is 11.3 Å². The zero-order valence-corrected chi connectivity index (χ0v) is 10.4. The van der Waals surface area contributed by atoms with Crippen LogP contribution in [0.5, 0.6) is 0 Å². The zero-order valence-electron chi connectivity index (χ0n) is 9.61. The van der Waals surface area contributed by atoms with Gasteiger partial charge in [0.05, 0.1) is 24.3 Å². The second-order valence-corrected chi connectivity index (χ2v) is 4.86. The summed E-state index contributed by atoms with van der Waals surface area (Å²) in [5, 5.41) is 2.92. The van der Waals surface area contributed by atoms with Gasteiger partial charge in [0.1, 0.15) is 5.01 Å². The molecule has 90 valence electrons. The van der Waals surface area contributed by atoms with Gasteiger partial charge in [-0.25, -0.2) is 4.98 Å². The lowest BCUT2D eigenvalue weighted by Crippen LogP contribution is -2.11. The Hall–Kier alpha value is -1.91. The van der Waals surface area contributed by atoms with E-state index in [0.29, 0.717) is 0 Å². The quantitative estimate of drug-likeness (QED) is 0.780. The fourth-order valence-corrected chi connectivity index (χ4v) is 2.63. The van der Waals surface area contributed by atoms with E-state index >= 15 is 0 Å². The van der Waals surface area contributed by atoms with E-state index in [0.717, 1.165) is 21.8 Å². The van der Waals surface area contributed by atoms with Gasteiger partial charge >= 0.3 is 0 Å². The normalized spacial score (nSPS) is 12.5. The highest BCUT2D eigenvalue weighted by molar-refractivity contribution is 7.10. The monoisotopic (exact) mass is 256 g/mol. The average Bonchev–Trinajstić information content (AvgIpc) is 3.09. The molecule has 0 fully saturated rings. The van der Waals surface area contributed by atoms with Gasteiger partial charge in [0.2, 0.25) is 0 Å². The first-order chi connectivity index (χ1) is 8.84. The van der Waals surface area contributed by atoms with Crippen LogP contribution < -0.4 is 5.73 Å². The van der Waals surface area contributed by atoms with Crippen LogP contribution in [0.15, 0.2) is 58.7 Å². The molecule has 4 heteroatoms. The minimum Gasteiger partial charge on any atom is -0.472 e. The molecule has 1 unspecified atom stereocenters. The van der Waals surface area contributed by atoms with E-state index in [9.17, 15) is 0 Å². The molecular weight excluding hydrogens is 244 g/mol. The number of nitrogens with two attached hydrogens (primary N) is 1. The minimum atomic E-state index is -0.170. The van der Waals surface area contributed by atoms with E-state index in [1.165, 1.54) is 0 Å². The van der Waals surface area contributed by atoms with Crippen LogP contribution in [0.2, 0.25) is 0 Å². The third-order valence-corrected chi connectivity index (χ3v) is 3.69. The van der Waals surface area contributed by atoms with Gasteiger partial charge in [0.15, 0.2) is 0 Å². The second-order valence-electron chi connectivity index (χ2n) is 3.97. The number of rotatable bonds is 3. The predicted octanol–water partition coefficient (Wildman–Crippen LogP) is 3.45. The smallest absolute Gasteiger partial charge is 0.115 e. The maximum atomic E-state index is 6.21. The van der Waals surface area contributed by atoms with Crippen molar-refractivity contribution in [2.45, 2.75) is 6.04 Å². The third-order valence-electron chi connectivity index (χ3n) is 2.76. The molecule has 0 saturated heterocycles. The first kappa shape index (κ1) is 11.2. The summed E-state index contributed by atoms with van der Waals surface area (Å²) in [4.78, 5) is 4.56. The Morgan fingerprint density at radius 3 is 2.72 bits per heavy atom. The van der Waals surface area contributed by atoms with Gasteiger partial charge in [-0.15, -0.1) is 11.3 Å². The van der Waals surface area contributed by atoms with Crippen LogP contribution in [-0.4, -0.2) is 4.98 Å². The number of hydrogen-bond acceptors (Lipinski definition) is 4. The summed E-state index contributed by atoms with van der Waals surface area (Å²) >= 11 is 1.57. The molecule has 1 aromatic carbocycles. The number of thiazole rings is 1. The van der Waals surface area contributed by atoms with Crippen LogP contribution in [0.25, 0.3) is 11.3 Å². The van der Waals surface area contributed by atoms with Crippen LogP contribution in [0.1, 0.15) is 16.6 Å². The molecule has 2 heterocycles. The molecule has 0 aliphatic carbocycles. The number of aromatic nitrogens is 1. The standard InChI is InChI=1S/C14H12N2OS/c15-13(10-4-2-1-3-5-10)14-16-12(9-18-14)11-6-7-17-8-11/h1-9,13H,15H2. The first-order valence-corrected chi connectivity index (χ1v) is 6.51. The molecule has 0 saturated carbocycles. The van der Waals surface area contributed by atoms with Gasteiger partial charge in [0.25, 0.3) is 0 Å². The van der Waals surface area contributed by atoms with Crippen LogP contribution >= 0.6 is 11.3 Å². The van der Waals surface area contributed by atoms with Crippen molar-refractivity contribution in [2.75, 3.05) is 0 Å². The second kappa shape index (κ2) is 4.76. The lowest BCUT2D eigenvalue weighted by molar-refractivity contribution is 0.568. The first-order valence-electron chi connectivity index (χ1n) is 5.63. The summed E-state index contributed by atoms with van der Waals surface area (Å²) in [5.41, 5.74) is 9.18. The number of nitrogens with zero attached hydrogens (tertiary/aromatic N) is 1. The summed E-state index contributed by atoms with van der Waals surface area (Å²) in [6.07, 6.45) is 3.33. The summed E-state index contributed by atoms with van der Waals surface area (Å²) in [7, 11) is 0. The Morgan fingerprint density at radius 1 is 1.17 bits per heavy atom. The molecule has 0 aliphatic heterocycles. The fourth-order valence-electron chi connectivity index (χ4n) is 1.78. The Kier molecular flexibility index (Phi) is 2.96. The summed E-state index contributed by atoms with van der Waals surface area (Å²) < 4.78 is 5.06. The highest BCUT2D eigenvalue weighted by atomic mass is 32.1. The van der Waals surface area contributed by atoms with Crippen molar-refractivity contribution in [3.63, 3.8) is 0 Å². The van der Waals surface area contributed by atoms with Crippen molar-refractivity contribution in [1.82, 2.24) is 4.98 Å². The van der Waals surface area contributed by atoms with Crippen LogP contribution in [0, 0.1) is 0 Å². The molecule has 0 amide bonds. The average molecular weight is 256 g/mol. The molecule has 18 heavy (non-hydrogen) atoms. The third kappa shape index (κ3) is 2.08. The van der Waals surface area contributed by atoms with E-state index in [4.69, 9.17) is 10.2 Å². The number of hydrogen-bond donors (Lipinski definition) is 1. The van der Waals surface area contributed by atoms with E-state index in [-0.39, 0.29) is 6.04 Å². The lowest BCUT2D eigenvalue weighted by atomic mass is 10.1. The van der Waals surface area contributed by atoms with Crippen LogP contribution in [0.4, 0.5) is 0 Å². The summed E-state index contributed by atoms with van der Waals surface area (Å²) in [6.45, 7) is 0. The maximum absolute atomic E-state index is 6.21. The molecule has 2 aromatic heterocycles. The number of benzene rings is 1. The molecule has 0 bridgehead atoms. The van der Waals surface area contributed by atoms with Gasteiger partial charge in [-0.1, -0.05) is 30.3 Å². The minimum absolute atomic E-state index is 0.170. The number of furan rings is 1. The fraction of sp³-hybridized carbons (Fsp3) is 0.0714. The highest BCUT2D eigenvalue weighted by Gasteiger charge is 2.13. The van der Waals surface area contributed by atoms with E-state index in [2.05, 4.69) is 4.98 Å². The molecule has 3 rings (SSSR count). The molecule has 0 spiro atoms. The molecule has 0 aliphatic rings.